The van der Waals surface area contributed by atoms with Crippen LogP contribution < -0.4 is 0 Å². The van der Waals surface area contributed by atoms with Crippen LogP contribution in [-0.4, -0.2) is 15.7 Å². The van der Waals surface area contributed by atoms with Gasteiger partial charge in [0.25, 0.3) is 5.69 Å². The lowest BCUT2D eigenvalue weighted by Crippen LogP contribution is -1.97. The molecular formula is C14H9BrN2O3S. The number of aryl methyl sites for hydroxylation is 1. The third kappa shape index (κ3) is 2.38. The fourth-order valence-electron chi connectivity index (χ4n) is 2.12. The number of nitrogens with one attached hydrogen (secondary N) is 1. The highest BCUT2D eigenvalue weighted by molar-refractivity contribution is 9.11. The highest BCUT2D eigenvalue weighted by Gasteiger charge is 2.18. The van der Waals surface area contributed by atoms with Gasteiger partial charge in [0.15, 0.2) is 0 Å². The van der Waals surface area contributed by atoms with Gasteiger partial charge in [-0.3, -0.25) is 14.9 Å². The van der Waals surface area contributed by atoms with Gasteiger partial charge < -0.3 is 4.98 Å². The van der Waals surface area contributed by atoms with Crippen LogP contribution in [0, 0.1) is 17.0 Å². The van der Waals surface area contributed by atoms with E-state index in [1.165, 1.54) is 23.5 Å². The predicted molar refractivity (Wildman–Crippen MR) is 85.1 cm³/mol. The summed E-state index contributed by atoms with van der Waals surface area (Å²) in [5.41, 5.74) is 2.12. The van der Waals surface area contributed by atoms with Crippen LogP contribution in [0.4, 0.5) is 5.69 Å². The lowest BCUT2D eigenvalue weighted by Gasteiger charge is -1.96. The molecule has 2 aromatic heterocycles. The molecule has 0 atom stereocenters. The van der Waals surface area contributed by atoms with Crippen molar-refractivity contribution >= 4 is 49.6 Å². The number of carbonyl (C=O) groups excluding carboxylic acids is 1. The molecule has 2 heterocycles. The molecule has 0 amide bonds. The van der Waals surface area contributed by atoms with Crippen molar-refractivity contribution in [1.29, 1.82) is 0 Å². The number of aromatic amines is 1. The van der Waals surface area contributed by atoms with Crippen molar-refractivity contribution in [2.24, 2.45) is 0 Å². The summed E-state index contributed by atoms with van der Waals surface area (Å²) < 4.78 is 0.932. The molecule has 3 rings (SSSR count). The number of rotatable bonds is 3. The summed E-state index contributed by atoms with van der Waals surface area (Å²) in [6.07, 6.45) is 1.60. The topological polar surface area (TPSA) is 76.0 Å². The van der Waals surface area contributed by atoms with E-state index in [1.807, 2.05) is 13.0 Å². The molecule has 0 fully saturated rings. The zero-order valence-corrected chi connectivity index (χ0v) is 13.2. The van der Waals surface area contributed by atoms with E-state index in [1.54, 1.807) is 12.3 Å². The van der Waals surface area contributed by atoms with Gasteiger partial charge in [-0.15, -0.1) is 11.3 Å². The molecule has 0 aliphatic carbocycles. The number of benzene rings is 1. The Labute approximate surface area is 131 Å². The van der Waals surface area contributed by atoms with Crippen LogP contribution in [-0.2, 0) is 0 Å². The first kappa shape index (κ1) is 14.0. The molecule has 7 heteroatoms. The molecule has 0 radical (unpaired) electrons. The van der Waals surface area contributed by atoms with Gasteiger partial charge in [0.05, 0.1) is 19.1 Å². The maximum atomic E-state index is 12.5. The summed E-state index contributed by atoms with van der Waals surface area (Å²) in [7, 11) is 0. The van der Waals surface area contributed by atoms with Crippen molar-refractivity contribution in [1.82, 2.24) is 4.98 Å². The number of H-pyrrole nitrogens is 1. The first-order valence-electron chi connectivity index (χ1n) is 6.03. The second kappa shape index (κ2) is 5.09. The number of nitro groups is 1. The number of fused-ring (bicyclic) bond motifs is 1. The van der Waals surface area contributed by atoms with Crippen LogP contribution in [0.5, 0.6) is 0 Å². The summed E-state index contributed by atoms with van der Waals surface area (Å²) in [4.78, 5) is 26.4. The molecule has 0 bridgehead atoms. The third-order valence-corrected chi connectivity index (χ3v) is 5.34. The Morgan fingerprint density at radius 1 is 1.38 bits per heavy atom. The third-order valence-electron chi connectivity index (χ3n) is 3.20. The standard InChI is InChI=1S/C14H9BrN2O3S/c1-7-4-12(21-14(7)15)13(18)10-6-16-11-5-8(17(19)20)2-3-9(10)11/h2-6,16H,1H3. The Balaban J connectivity index is 2.08. The minimum absolute atomic E-state index is 0.00179. The van der Waals surface area contributed by atoms with Gasteiger partial charge in [-0.25, -0.2) is 0 Å². The van der Waals surface area contributed by atoms with Crippen LogP contribution in [0.1, 0.15) is 20.8 Å². The van der Waals surface area contributed by atoms with Crippen LogP contribution in [0.15, 0.2) is 34.2 Å². The van der Waals surface area contributed by atoms with Crippen molar-refractivity contribution in [3.63, 3.8) is 0 Å². The van der Waals surface area contributed by atoms with Gasteiger partial charge in [0.2, 0.25) is 5.78 Å². The molecular weight excluding hydrogens is 356 g/mol. The Kier molecular flexibility index (Phi) is 3.38. The van der Waals surface area contributed by atoms with Crippen LogP contribution in [0.3, 0.4) is 0 Å². The fourth-order valence-corrected chi connectivity index (χ4v) is 3.61. The monoisotopic (exact) mass is 364 g/mol. The van der Waals surface area contributed by atoms with E-state index >= 15 is 0 Å². The first-order chi connectivity index (χ1) is 9.97. The summed E-state index contributed by atoms with van der Waals surface area (Å²) >= 11 is 4.79. The van der Waals surface area contributed by atoms with Gasteiger partial charge in [0, 0.05) is 29.3 Å². The van der Waals surface area contributed by atoms with Gasteiger partial charge in [-0.1, -0.05) is 0 Å². The number of aromatic nitrogens is 1. The molecule has 5 nitrogen and oxygen atoms in total. The number of thiophene rings is 1. The van der Waals surface area contributed by atoms with Crippen molar-refractivity contribution < 1.29 is 9.72 Å². The van der Waals surface area contributed by atoms with Crippen molar-refractivity contribution in [3.05, 3.63) is 60.4 Å². The molecule has 0 aliphatic rings. The average molecular weight is 365 g/mol. The first-order valence-corrected chi connectivity index (χ1v) is 7.64. The smallest absolute Gasteiger partial charge is 0.271 e. The lowest BCUT2D eigenvalue weighted by molar-refractivity contribution is -0.384. The molecule has 3 aromatic rings. The maximum Gasteiger partial charge on any atom is 0.271 e. The van der Waals surface area contributed by atoms with E-state index in [0.717, 1.165) is 9.35 Å². The minimum atomic E-state index is -0.457. The van der Waals surface area contributed by atoms with Crippen LogP contribution >= 0.6 is 27.3 Å². The second-order valence-corrected chi connectivity index (χ2v) is 6.96. The van der Waals surface area contributed by atoms with E-state index in [0.29, 0.717) is 21.3 Å². The van der Waals surface area contributed by atoms with Crippen molar-refractivity contribution in [2.45, 2.75) is 6.92 Å². The van der Waals surface area contributed by atoms with Gasteiger partial charge >= 0.3 is 0 Å². The summed E-state index contributed by atoms with van der Waals surface area (Å²) in [6, 6.07) is 6.28. The summed E-state index contributed by atoms with van der Waals surface area (Å²) in [6.45, 7) is 1.93. The predicted octanol–water partition coefficient (Wildman–Crippen LogP) is 4.44. The van der Waals surface area contributed by atoms with E-state index in [2.05, 4.69) is 20.9 Å². The normalized spacial score (nSPS) is 11.0. The molecule has 106 valence electrons. The Bertz CT molecular complexity index is 862. The SMILES string of the molecule is Cc1cc(C(=O)c2c[nH]c3cc([N+](=O)[O-])ccc23)sc1Br. The fraction of sp³-hybridized carbons (Fsp3) is 0.0714. The van der Waals surface area contributed by atoms with E-state index in [9.17, 15) is 14.9 Å². The highest BCUT2D eigenvalue weighted by Crippen LogP contribution is 2.31. The molecule has 0 saturated heterocycles. The second-order valence-electron chi connectivity index (χ2n) is 4.59. The Morgan fingerprint density at radius 2 is 2.14 bits per heavy atom. The minimum Gasteiger partial charge on any atom is -0.360 e. The zero-order valence-electron chi connectivity index (χ0n) is 10.8. The Morgan fingerprint density at radius 3 is 2.76 bits per heavy atom. The molecule has 1 aromatic carbocycles. The van der Waals surface area contributed by atoms with Gasteiger partial charge in [-0.2, -0.15) is 0 Å². The molecule has 0 aliphatic heterocycles. The van der Waals surface area contributed by atoms with Crippen LogP contribution in [0.25, 0.3) is 10.9 Å². The van der Waals surface area contributed by atoms with Crippen LogP contribution in [0.2, 0.25) is 0 Å². The van der Waals surface area contributed by atoms with Crippen molar-refractivity contribution in [2.75, 3.05) is 0 Å². The number of nitrogens with zero attached hydrogens (tertiary/aromatic N) is 1. The number of hydrogen-bond donors (Lipinski definition) is 1. The molecule has 1 N–H and O–H groups in total. The highest BCUT2D eigenvalue weighted by atomic mass is 79.9. The molecule has 0 unspecified atom stereocenters. The van der Waals surface area contributed by atoms with E-state index < -0.39 is 4.92 Å². The summed E-state index contributed by atoms with van der Waals surface area (Å²) in [5.74, 6) is -0.0890. The largest absolute Gasteiger partial charge is 0.360 e. The molecule has 21 heavy (non-hydrogen) atoms. The number of nitro benzene ring substituents is 1. The van der Waals surface area contributed by atoms with Crippen molar-refractivity contribution in [3.8, 4) is 0 Å². The number of carbonyl (C=O) groups is 1. The van der Waals surface area contributed by atoms with E-state index in [-0.39, 0.29) is 11.5 Å². The maximum absolute atomic E-state index is 12.5. The average Bonchev–Trinajstić information content (AvgIpc) is 3.01. The number of halogens is 1. The number of ketones is 1. The van der Waals surface area contributed by atoms with Gasteiger partial charge in [-0.05, 0) is 40.5 Å². The lowest BCUT2D eigenvalue weighted by atomic mass is 10.1. The van der Waals surface area contributed by atoms with E-state index in [4.69, 9.17) is 0 Å². The molecule has 0 spiro atoms. The molecule has 0 saturated carbocycles. The number of hydrogen-bond acceptors (Lipinski definition) is 4. The quantitative estimate of drug-likeness (QED) is 0.424. The number of non-ortho nitro benzene ring substituents is 1. The summed E-state index contributed by atoms with van der Waals surface area (Å²) in [5, 5.41) is 11.5. The zero-order chi connectivity index (χ0) is 15.1. The Hall–Kier alpha value is -1.99. The van der Waals surface area contributed by atoms with Gasteiger partial charge in [0.1, 0.15) is 0 Å².